The number of nitrogens with one attached hydrogen (secondary N) is 1. The minimum absolute atomic E-state index is 0.0443. The zero-order valence-electron chi connectivity index (χ0n) is 13.0. The molecule has 1 fully saturated rings. The van der Waals surface area contributed by atoms with Crippen molar-refractivity contribution in [2.24, 2.45) is 0 Å². The van der Waals surface area contributed by atoms with Crippen LogP contribution in [0.2, 0.25) is 0 Å². The van der Waals surface area contributed by atoms with Crippen LogP contribution in [0.25, 0.3) is 11.5 Å². The van der Waals surface area contributed by atoms with Crippen molar-refractivity contribution in [3.8, 4) is 11.5 Å². The average molecular weight is 299 g/mol. The highest BCUT2D eigenvalue weighted by Gasteiger charge is 2.24. The van der Waals surface area contributed by atoms with Gasteiger partial charge in [0.15, 0.2) is 5.76 Å². The number of rotatable bonds is 3. The van der Waals surface area contributed by atoms with E-state index < -0.39 is 0 Å². The molecule has 0 atom stereocenters. The molecule has 5 heteroatoms. The molecule has 1 amide bonds. The number of carbonyl (C=O) groups excluding carboxylic acids is 1. The van der Waals surface area contributed by atoms with Crippen LogP contribution in [-0.2, 0) is 0 Å². The van der Waals surface area contributed by atoms with Crippen molar-refractivity contribution in [2.45, 2.75) is 25.8 Å². The van der Waals surface area contributed by atoms with Crippen molar-refractivity contribution in [2.75, 3.05) is 20.1 Å². The Morgan fingerprint density at radius 3 is 2.73 bits per heavy atom. The molecule has 2 aromatic rings. The molecule has 1 aliphatic rings. The molecule has 0 spiro atoms. The van der Waals surface area contributed by atoms with Gasteiger partial charge in [-0.3, -0.25) is 4.79 Å². The van der Waals surface area contributed by atoms with Crippen LogP contribution in [0.15, 0.2) is 34.9 Å². The predicted octanol–water partition coefficient (Wildman–Crippen LogP) is 2.47. The highest BCUT2D eigenvalue weighted by atomic mass is 16.3. The first-order valence-electron chi connectivity index (χ1n) is 7.66. The van der Waals surface area contributed by atoms with Crippen molar-refractivity contribution >= 4 is 5.91 Å². The highest BCUT2D eigenvalue weighted by molar-refractivity contribution is 5.95. The fourth-order valence-corrected chi connectivity index (χ4v) is 2.90. The van der Waals surface area contributed by atoms with E-state index in [0.29, 0.717) is 17.4 Å². The molecule has 2 aromatic heterocycles. The van der Waals surface area contributed by atoms with Crippen molar-refractivity contribution in [3.05, 3.63) is 41.8 Å². The number of nitrogens with zero attached hydrogens (tertiary/aromatic N) is 2. The predicted molar refractivity (Wildman–Crippen MR) is 84.7 cm³/mol. The van der Waals surface area contributed by atoms with Gasteiger partial charge in [-0.05, 0) is 57.1 Å². The molecule has 1 aliphatic heterocycles. The first kappa shape index (κ1) is 14.8. The lowest BCUT2D eigenvalue weighted by Crippen LogP contribution is -2.44. The van der Waals surface area contributed by atoms with Gasteiger partial charge in [0.1, 0.15) is 5.69 Å². The number of furan rings is 1. The Hall–Kier alpha value is -2.14. The topological polar surface area (TPSA) is 58.4 Å². The molecule has 1 N–H and O–H groups in total. The quantitative estimate of drug-likeness (QED) is 0.946. The lowest BCUT2D eigenvalue weighted by Gasteiger charge is -2.32. The molecule has 1 saturated heterocycles. The van der Waals surface area contributed by atoms with Crippen LogP contribution >= 0.6 is 0 Å². The van der Waals surface area contributed by atoms with Crippen molar-refractivity contribution in [3.63, 3.8) is 0 Å². The molecular weight excluding hydrogens is 278 g/mol. The molecular formula is C17H21N3O2. The van der Waals surface area contributed by atoms with E-state index in [1.807, 2.05) is 43.1 Å². The number of aromatic nitrogens is 1. The molecule has 0 bridgehead atoms. The molecule has 3 rings (SSSR count). The SMILES string of the molecule is Cc1nc(-c2ccco2)ccc1C(=O)N(C)C1CCNCC1. The maximum Gasteiger partial charge on any atom is 0.255 e. The second-order valence-electron chi connectivity index (χ2n) is 5.70. The second-order valence-corrected chi connectivity index (χ2v) is 5.70. The molecule has 0 unspecified atom stereocenters. The summed E-state index contributed by atoms with van der Waals surface area (Å²) in [5, 5.41) is 3.32. The summed E-state index contributed by atoms with van der Waals surface area (Å²) in [5.41, 5.74) is 2.15. The summed E-state index contributed by atoms with van der Waals surface area (Å²) in [7, 11) is 1.89. The number of carbonyl (C=O) groups is 1. The zero-order valence-corrected chi connectivity index (χ0v) is 13.0. The molecule has 0 aliphatic carbocycles. The van der Waals surface area contributed by atoms with Gasteiger partial charge >= 0.3 is 0 Å². The van der Waals surface area contributed by atoms with E-state index in [0.717, 1.165) is 37.3 Å². The molecule has 0 aromatic carbocycles. The summed E-state index contributed by atoms with van der Waals surface area (Å²) in [6.07, 6.45) is 3.62. The van der Waals surface area contributed by atoms with Crippen LogP contribution in [0.4, 0.5) is 0 Å². The van der Waals surface area contributed by atoms with E-state index in [9.17, 15) is 4.79 Å². The van der Waals surface area contributed by atoms with Crippen LogP contribution in [0.3, 0.4) is 0 Å². The van der Waals surface area contributed by atoms with Crippen molar-refractivity contribution in [1.82, 2.24) is 15.2 Å². The summed E-state index contributed by atoms with van der Waals surface area (Å²) in [4.78, 5) is 19.1. The van der Waals surface area contributed by atoms with E-state index in [4.69, 9.17) is 4.42 Å². The average Bonchev–Trinajstić information content (AvgIpc) is 3.09. The molecule has 116 valence electrons. The van der Waals surface area contributed by atoms with Gasteiger partial charge in [0.25, 0.3) is 5.91 Å². The number of piperidine rings is 1. The van der Waals surface area contributed by atoms with Gasteiger partial charge < -0.3 is 14.6 Å². The molecule has 0 saturated carbocycles. The van der Waals surface area contributed by atoms with E-state index in [1.165, 1.54) is 0 Å². The van der Waals surface area contributed by atoms with Gasteiger partial charge in [-0.15, -0.1) is 0 Å². The van der Waals surface area contributed by atoms with Crippen LogP contribution in [0.5, 0.6) is 0 Å². The van der Waals surface area contributed by atoms with Crippen LogP contribution in [0.1, 0.15) is 28.9 Å². The third-order valence-electron chi connectivity index (χ3n) is 4.27. The highest BCUT2D eigenvalue weighted by Crippen LogP contribution is 2.21. The van der Waals surface area contributed by atoms with E-state index in [2.05, 4.69) is 10.3 Å². The van der Waals surface area contributed by atoms with Gasteiger partial charge in [-0.25, -0.2) is 4.98 Å². The Morgan fingerprint density at radius 2 is 2.09 bits per heavy atom. The Morgan fingerprint density at radius 1 is 1.32 bits per heavy atom. The third kappa shape index (κ3) is 2.90. The number of aryl methyl sites for hydroxylation is 1. The van der Waals surface area contributed by atoms with Crippen LogP contribution < -0.4 is 5.32 Å². The van der Waals surface area contributed by atoms with Crippen molar-refractivity contribution < 1.29 is 9.21 Å². The maximum absolute atomic E-state index is 12.7. The number of hydrogen-bond acceptors (Lipinski definition) is 4. The van der Waals surface area contributed by atoms with Gasteiger partial charge in [-0.1, -0.05) is 0 Å². The molecule has 3 heterocycles. The summed E-state index contributed by atoms with van der Waals surface area (Å²) in [6.45, 7) is 3.81. The monoisotopic (exact) mass is 299 g/mol. The first-order chi connectivity index (χ1) is 10.7. The summed E-state index contributed by atoms with van der Waals surface area (Å²) in [5.74, 6) is 0.761. The van der Waals surface area contributed by atoms with Gasteiger partial charge in [0, 0.05) is 13.1 Å². The molecule has 5 nitrogen and oxygen atoms in total. The smallest absolute Gasteiger partial charge is 0.255 e. The molecule has 0 radical (unpaired) electrons. The van der Waals surface area contributed by atoms with E-state index in [1.54, 1.807) is 6.26 Å². The first-order valence-corrected chi connectivity index (χ1v) is 7.66. The van der Waals surface area contributed by atoms with Gasteiger partial charge in [-0.2, -0.15) is 0 Å². The Kier molecular flexibility index (Phi) is 4.24. The number of hydrogen-bond donors (Lipinski definition) is 1. The fraction of sp³-hybridized carbons (Fsp3) is 0.412. The standard InChI is InChI=1S/C17H21N3O2/c1-12-14(5-6-15(19-12)16-4-3-11-22-16)17(21)20(2)13-7-9-18-10-8-13/h3-6,11,13,18H,7-10H2,1-2H3. The second kappa shape index (κ2) is 6.32. The maximum atomic E-state index is 12.7. The molecule has 22 heavy (non-hydrogen) atoms. The van der Waals surface area contributed by atoms with Crippen molar-refractivity contribution in [1.29, 1.82) is 0 Å². The number of amides is 1. The van der Waals surface area contributed by atoms with Gasteiger partial charge in [0.2, 0.25) is 0 Å². The Labute approximate surface area is 130 Å². The van der Waals surface area contributed by atoms with Crippen LogP contribution in [-0.4, -0.2) is 42.0 Å². The summed E-state index contributed by atoms with van der Waals surface area (Å²) >= 11 is 0. The minimum Gasteiger partial charge on any atom is -0.463 e. The lowest BCUT2D eigenvalue weighted by molar-refractivity contribution is 0.0702. The summed E-state index contributed by atoms with van der Waals surface area (Å²) in [6, 6.07) is 7.69. The normalized spacial score (nSPS) is 15.7. The van der Waals surface area contributed by atoms with Crippen LogP contribution in [0, 0.1) is 6.92 Å². The zero-order chi connectivity index (χ0) is 15.5. The van der Waals surface area contributed by atoms with E-state index >= 15 is 0 Å². The summed E-state index contributed by atoms with van der Waals surface area (Å²) < 4.78 is 5.35. The fourth-order valence-electron chi connectivity index (χ4n) is 2.90. The van der Waals surface area contributed by atoms with Gasteiger partial charge in [0.05, 0.1) is 17.5 Å². The van der Waals surface area contributed by atoms with E-state index in [-0.39, 0.29) is 5.91 Å². The minimum atomic E-state index is 0.0443. The largest absolute Gasteiger partial charge is 0.463 e. The lowest BCUT2D eigenvalue weighted by atomic mass is 10.0. The Bertz CT molecular complexity index is 646. The number of pyridine rings is 1. The third-order valence-corrected chi connectivity index (χ3v) is 4.27. The Balaban J connectivity index is 1.80.